The van der Waals surface area contributed by atoms with Gasteiger partial charge in [-0.15, -0.1) is 0 Å². The summed E-state index contributed by atoms with van der Waals surface area (Å²) in [6.07, 6.45) is 3.43. The van der Waals surface area contributed by atoms with Gasteiger partial charge in [0.1, 0.15) is 5.75 Å². The first kappa shape index (κ1) is 21.1. The number of carbonyl (C=O) groups is 1. The molecule has 1 fully saturated rings. The highest BCUT2D eigenvalue weighted by atomic mass is 16.5. The molecule has 0 radical (unpaired) electrons. The highest BCUT2D eigenvalue weighted by Crippen LogP contribution is 2.24. The van der Waals surface area contributed by atoms with Crippen LogP contribution in [0.3, 0.4) is 0 Å². The van der Waals surface area contributed by atoms with Crippen LogP contribution < -0.4 is 4.74 Å². The van der Waals surface area contributed by atoms with E-state index in [0.717, 1.165) is 36.9 Å². The van der Waals surface area contributed by atoms with Gasteiger partial charge in [-0.3, -0.25) is 9.69 Å². The quantitative estimate of drug-likeness (QED) is 0.613. The number of hydrogen-bond acceptors (Lipinski definition) is 5. The fourth-order valence-electron chi connectivity index (χ4n) is 4.01. The summed E-state index contributed by atoms with van der Waals surface area (Å²) >= 11 is 0. The van der Waals surface area contributed by atoms with Gasteiger partial charge in [0.2, 0.25) is 0 Å². The summed E-state index contributed by atoms with van der Waals surface area (Å²) < 4.78 is 7.02. The van der Waals surface area contributed by atoms with Crippen molar-refractivity contribution in [3.8, 4) is 11.6 Å². The number of piperazine rings is 1. The summed E-state index contributed by atoms with van der Waals surface area (Å²) in [5.41, 5.74) is 2.83. The average Bonchev–Trinajstić information content (AvgIpc) is 3.26. The third-order valence-corrected chi connectivity index (χ3v) is 5.67. The van der Waals surface area contributed by atoms with Crippen molar-refractivity contribution in [3.05, 3.63) is 71.7 Å². The van der Waals surface area contributed by atoms with Gasteiger partial charge in [-0.1, -0.05) is 32.0 Å². The molecule has 1 saturated heterocycles. The third kappa shape index (κ3) is 4.61. The van der Waals surface area contributed by atoms with Crippen LogP contribution in [0.2, 0.25) is 0 Å². The monoisotopic (exact) mass is 419 g/mol. The smallest absolute Gasteiger partial charge is 0.257 e. The SMILES string of the molecule is COc1ccc(CN2CCN(C(=O)c3cnn(-c4ccccn4)c3C(C)C)CC2)cc1. The minimum absolute atomic E-state index is 0.0509. The predicted octanol–water partition coefficient (Wildman–Crippen LogP) is 3.36. The standard InChI is InChI=1S/C24H29N5O2/c1-18(2)23-21(16-26-29(23)22-6-4-5-11-25-22)24(30)28-14-12-27(13-15-28)17-19-7-9-20(31-3)10-8-19/h4-11,16,18H,12-15,17H2,1-3H3. The van der Waals surface area contributed by atoms with E-state index >= 15 is 0 Å². The zero-order valence-electron chi connectivity index (χ0n) is 18.4. The Morgan fingerprint density at radius 1 is 1.06 bits per heavy atom. The lowest BCUT2D eigenvalue weighted by Crippen LogP contribution is -2.48. The van der Waals surface area contributed by atoms with Crippen LogP contribution in [-0.2, 0) is 6.54 Å². The maximum atomic E-state index is 13.3. The summed E-state index contributed by atoms with van der Waals surface area (Å²) in [6, 6.07) is 13.9. The number of amides is 1. The summed E-state index contributed by atoms with van der Waals surface area (Å²) in [5, 5.41) is 4.49. The van der Waals surface area contributed by atoms with Crippen LogP contribution >= 0.6 is 0 Å². The van der Waals surface area contributed by atoms with E-state index in [4.69, 9.17) is 4.74 Å². The number of methoxy groups -OCH3 is 1. The average molecular weight is 420 g/mol. The topological polar surface area (TPSA) is 63.5 Å². The van der Waals surface area contributed by atoms with E-state index in [1.54, 1.807) is 24.2 Å². The van der Waals surface area contributed by atoms with E-state index < -0.39 is 0 Å². The molecule has 7 heteroatoms. The van der Waals surface area contributed by atoms with Crippen molar-refractivity contribution in [2.24, 2.45) is 0 Å². The zero-order chi connectivity index (χ0) is 21.8. The molecule has 0 N–H and O–H groups in total. The third-order valence-electron chi connectivity index (χ3n) is 5.67. The van der Waals surface area contributed by atoms with E-state index in [-0.39, 0.29) is 11.8 Å². The minimum Gasteiger partial charge on any atom is -0.497 e. The van der Waals surface area contributed by atoms with Crippen molar-refractivity contribution < 1.29 is 9.53 Å². The molecule has 4 rings (SSSR count). The summed E-state index contributed by atoms with van der Waals surface area (Å²) in [4.78, 5) is 22.0. The van der Waals surface area contributed by atoms with Crippen molar-refractivity contribution in [1.82, 2.24) is 24.6 Å². The van der Waals surface area contributed by atoms with Gasteiger partial charge in [0.15, 0.2) is 5.82 Å². The number of carbonyl (C=O) groups excluding carboxylic acids is 1. The molecule has 0 spiro atoms. The molecule has 1 aromatic carbocycles. The predicted molar refractivity (Wildman–Crippen MR) is 120 cm³/mol. The second-order valence-corrected chi connectivity index (χ2v) is 8.11. The van der Waals surface area contributed by atoms with Crippen LogP contribution in [0.25, 0.3) is 5.82 Å². The molecule has 0 bridgehead atoms. The molecule has 0 unspecified atom stereocenters. The van der Waals surface area contributed by atoms with Crippen molar-refractivity contribution in [2.45, 2.75) is 26.3 Å². The number of pyridine rings is 1. The molecule has 1 amide bonds. The van der Waals surface area contributed by atoms with Gasteiger partial charge < -0.3 is 9.64 Å². The van der Waals surface area contributed by atoms with Crippen LogP contribution in [0.1, 0.15) is 41.4 Å². The molecule has 3 aromatic rings. The van der Waals surface area contributed by atoms with Crippen LogP contribution in [0.15, 0.2) is 54.9 Å². The van der Waals surface area contributed by atoms with E-state index in [1.165, 1.54) is 5.56 Å². The summed E-state index contributed by atoms with van der Waals surface area (Å²) in [5.74, 6) is 1.80. The van der Waals surface area contributed by atoms with Crippen LogP contribution in [0.5, 0.6) is 5.75 Å². The Labute approximate surface area is 183 Å². The molecular formula is C24H29N5O2. The molecule has 0 atom stereocenters. The summed E-state index contributed by atoms with van der Waals surface area (Å²) in [7, 11) is 1.68. The van der Waals surface area contributed by atoms with E-state index in [2.05, 4.69) is 41.0 Å². The van der Waals surface area contributed by atoms with Gasteiger partial charge in [-0.25, -0.2) is 9.67 Å². The number of rotatable bonds is 6. The van der Waals surface area contributed by atoms with Crippen molar-refractivity contribution in [1.29, 1.82) is 0 Å². The van der Waals surface area contributed by atoms with Gasteiger partial charge in [-0.05, 0) is 35.7 Å². The van der Waals surface area contributed by atoms with Gasteiger partial charge in [-0.2, -0.15) is 5.10 Å². The number of hydrogen-bond donors (Lipinski definition) is 0. The Hall–Kier alpha value is -3.19. The molecule has 1 aliphatic rings. The lowest BCUT2D eigenvalue weighted by molar-refractivity contribution is 0.0627. The molecular weight excluding hydrogens is 390 g/mol. The van der Waals surface area contributed by atoms with Gasteiger partial charge in [0.25, 0.3) is 5.91 Å². The Kier molecular flexibility index (Phi) is 6.32. The number of benzene rings is 1. The van der Waals surface area contributed by atoms with Gasteiger partial charge in [0.05, 0.1) is 24.6 Å². The molecule has 31 heavy (non-hydrogen) atoms. The highest BCUT2D eigenvalue weighted by Gasteiger charge is 2.27. The molecule has 162 valence electrons. The van der Waals surface area contributed by atoms with Crippen molar-refractivity contribution in [3.63, 3.8) is 0 Å². The lowest BCUT2D eigenvalue weighted by atomic mass is 10.0. The molecule has 7 nitrogen and oxygen atoms in total. The fraction of sp³-hybridized carbons (Fsp3) is 0.375. The maximum Gasteiger partial charge on any atom is 0.257 e. The van der Waals surface area contributed by atoms with E-state index in [9.17, 15) is 4.79 Å². The second-order valence-electron chi connectivity index (χ2n) is 8.11. The van der Waals surface area contributed by atoms with Crippen LogP contribution in [0, 0.1) is 0 Å². The lowest BCUT2D eigenvalue weighted by Gasteiger charge is -2.35. The molecule has 0 aliphatic carbocycles. The summed E-state index contributed by atoms with van der Waals surface area (Å²) in [6.45, 7) is 8.16. The first-order chi connectivity index (χ1) is 15.1. The Bertz CT molecular complexity index is 1010. The number of nitrogens with zero attached hydrogens (tertiary/aromatic N) is 5. The molecule has 2 aromatic heterocycles. The Morgan fingerprint density at radius 2 is 1.81 bits per heavy atom. The first-order valence-electron chi connectivity index (χ1n) is 10.7. The van der Waals surface area contributed by atoms with E-state index in [0.29, 0.717) is 18.7 Å². The normalized spacial score (nSPS) is 14.8. The van der Waals surface area contributed by atoms with Crippen molar-refractivity contribution in [2.75, 3.05) is 33.3 Å². The number of aromatic nitrogens is 3. The maximum absolute atomic E-state index is 13.3. The molecule has 0 saturated carbocycles. The first-order valence-corrected chi connectivity index (χ1v) is 10.7. The van der Waals surface area contributed by atoms with E-state index in [1.807, 2.05) is 35.2 Å². The van der Waals surface area contributed by atoms with Crippen LogP contribution in [0.4, 0.5) is 0 Å². The minimum atomic E-state index is 0.0509. The Morgan fingerprint density at radius 3 is 2.42 bits per heavy atom. The molecule has 3 heterocycles. The molecule has 1 aliphatic heterocycles. The Balaban J connectivity index is 1.43. The fourth-order valence-corrected chi connectivity index (χ4v) is 4.01. The zero-order valence-corrected chi connectivity index (χ0v) is 18.4. The highest BCUT2D eigenvalue weighted by molar-refractivity contribution is 5.95. The number of ether oxygens (including phenoxy) is 1. The van der Waals surface area contributed by atoms with Crippen molar-refractivity contribution >= 4 is 5.91 Å². The van der Waals surface area contributed by atoms with Crippen LogP contribution in [-0.4, -0.2) is 63.8 Å². The van der Waals surface area contributed by atoms with Gasteiger partial charge >= 0.3 is 0 Å². The largest absolute Gasteiger partial charge is 0.497 e. The second kappa shape index (κ2) is 9.31. The van der Waals surface area contributed by atoms with Gasteiger partial charge in [0, 0.05) is 38.9 Å².